The first-order valence-electron chi connectivity index (χ1n) is 10.1. The molecule has 0 radical (unpaired) electrons. The maximum absolute atomic E-state index is 13.6. The molecule has 31 heavy (non-hydrogen) atoms. The van der Waals surface area contributed by atoms with Crippen LogP contribution in [0, 0.1) is 0 Å². The fourth-order valence-electron chi connectivity index (χ4n) is 3.83. The highest BCUT2D eigenvalue weighted by Crippen LogP contribution is 2.42. The number of rotatable bonds is 8. The monoisotopic (exact) mass is 440 g/mol. The molecule has 0 aliphatic carbocycles. The first kappa shape index (κ1) is 22.6. The standard InChI is InChI=1S/C24H28N2O4S/c1-6-12-26-15(2)20(22(27)16-10-8-7-9-11-16)21(25-24(26)31)17-13-18(28-3)23(30-5)19(14-17)29-4/h7-11,13-14,21H,6,12H2,1-5H3,(H,25,31). The molecule has 0 bridgehead atoms. The van der Waals surface area contributed by atoms with Crippen LogP contribution in [-0.2, 0) is 0 Å². The Bertz CT molecular complexity index is 979. The van der Waals surface area contributed by atoms with Crippen LogP contribution in [0.15, 0.2) is 53.7 Å². The predicted octanol–water partition coefficient (Wildman–Crippen LogP) is 4.51. The lowest BCUT2D eigenvalue weighted by Gasteiger charge is -2.38. The largest absolute Gasteiger partial charge is 0.493 e. The van der Waals surface area contributed by atoms with Gasteiger partial charge in [-0.25, -0.2) is 0 Å². The number of ether oxygens (including phenoxy) is 3. The second kappa shape index (κ2) is 9.83. The van der Waals surface area contributed by atoms with E-state index < -0.39 is 6.04 Å². The van der Waals surface area contributed by atoms with E-state index in [-0.39, 0.29) is 5.78 Å². The minimum absolute atomic E-state index is 0.0482. The summed E-state index contributed by atoms with van der Waals surface area (Å²) in [6.45, 7) is 4.76. The maximum Gasteiger partial charge on any atom is 0.203 e. The molecule has 2 aromatic rings. The van der Waals surface area contributed by atoms with E-state index in [2.05, 4.69) is 12.2 Å². The molecule has 1 unspecified atom stereocenters. The van der Waals surface area contributed by atoms with Crippen molar-refractivity contribution in [2.24, 2.45) is 0 Å². The van der Waals surface area contributed by atoms with E-state index in [4.69, 9.17) is 26.4 Å². The van der Waals surface area contributed by atoms with Gasteiger partial charge in [-0.05, 0) is 43.3 Å². The number of allylic oxidation sites excluding steroid dienone is 1. The van der Waals surface area contributed by atoms with Gasteiger partial charge in [0.25, 0.3) is 0 Å². The fourth-order valence-corrected chi connectivity index (χ4v) is 4.18. The van der Waals surface area contributed by atoms with Crippen molar-refractivity contribution in [2.75, 3.05) is 27.9 Å². The molecule has 1 N–H and O–H groups in total. The molecule has 0 fully saturated rings. The van der Waals surface area contributed by atoms with Crippen LogP contribution in [0.5, 0.6) is 17.2 Å². The molecule has 0 spiro atoms. The number of nitrogens with zero attached hydrogens (tertiary/aromatic N) is 1. The molecule has 0 aromatic heterocycles. The molecule has 6 nitrogen and oxygen atoms in total. The SMILES string of the molecule is CCCN1C(=S)NC(c2cc(OC)c(OC)c(OC)c2)C(C(=O)c2ccccc2)=C1C. The minimum atomic E-state index is -0.456. The van der Waals surface area contributed by atoms with Gasteiger partial charge in [-0.15, -0.1) is 0 Å². The van der Waals surface area contributed by atoms with Crippen LogP contribution < -0.4 is 19.5 Å². The highest BCUT2D eigenvalue weighted by Gasteiger charge is 2.35. The summed E-state index contributed by atoms with van der Waals surface area (Å²) in [5, 5.41) is 3.95. The summed E-state index contributed by atoms with van der Waals surface area (Å²) in [5.41, 5.74) is 2.91. The summed E-state index contributed by atoms with van der Waals surface area (Å²) >= 11 is 5.66. The number of thiocarbonyl (C=S) groups is 1. The quantitative estimate of drug-likeness (QED) is 0.479. The molecular formula is C24H28N2O4S. The molecule has 3 rings (SSSR count). The number of benzene rings is 2. The van der Waals surface area contributed by atoms with Crippen molar-refractivity contribution in [3.63, 3.8) is 0 Å². The molecule has 0 amide bonds. The number of carbonyl (C=O) groups excluding carboxylic acids is 1. The van der Waals surface area contributed by atoms with Crippen molar-refractivity contribution in [1.82, 2.24) is 10.2 Å². The second-order valence-electron chi connectivity index (χ2n) is 7.19. The van der Waals surface area contributed by atoms with E-state index in [1.807, 2.05) is 54.3 Å². The van der Waals surface area contributed by atoms with Crippen molar-refractivity contribution in [3.8, 4) is 17.2 Å². The summed E-state index contributed by atoms with van der Waals surface area (Å²) in [7, 11) is 4.70. The minimum Gasteiger partial charge on any atom is -0.493 e. The molecule has 1 aliphatic heterocycles. The van der Waals surface area contributed by atoms with Crippen molar-refractivity contribution < 1.29 is 19.0 Å². The van der Waals surface area contributed by atoms with Crippen LogP contribution in [0.2, 0.25) is 0 Å². The van der Waals surface area contributed by atoms with Crippen LogP contribution >= 0.6 is 12.2 Å². The Balaban J connectivity index is 2.20. The van der Waals surface area contributed by atoms with Gasteiger partial charge in [0.05, 0.1) is 27.4 Å². The number of methoxy groups -OCH3 is 3. The number of carbonyl (C=O) groups is 1. The zero-order valence-electron chi connectivity index (χ0n) is 18.5. The third kappa shape index (κ3) is 4.37. The van der Waals surface area contributed by atoms with Crippen LogP contribution in [0.3, 0.4) is 0 Å². The van der Waals surface area contributed by atoms with Crippen molar-refractivity contribution >= 4 is 23.1 Å². The molecule has 1 aliphatic rings. The highest BCUT2D eigenvalue weighted by molar-refractivity contribution is 7.80. The lowest BCUT2D eigenvalue weighted by Crippen LogP contribution is -2.47. The Kier molecular flexibility index (Phi) is 7.17. The Morgan fingerprint density at radius 3 is 2.19 bits per heavy atom. The average Bonchev–Trinajstić information content (AvgIpc) is 2.80. The summed E-state index contributed by atoms with van der Waals surface area (Å²) in [6, 6.07) is 12.5. The molecule has 164 valence electrons. The number of Topliss-reactive ketones (excluding diaryl/α,β-unsaturated/α-hetero) is 1. The van der Waals surface area contributed by atoms with Crippen LogP contribution in [0.25, 0.3) is 0 Å². The van der Waals surface area contributed by atoms with Crippen molar-refractivity contribution in [3.05, 3.63) is 64.9 Å². The molecular weight excluding hydrogens is 412 g/mol. The molecule has 0 saturated heterocycles. The van der Waals surface area contributed by atoms with Crippen molar-refractivity contribution in [2.45, 2.75) is 26.3 Å². The molecule has 0 saturated carbocycles. The maximum atomic E-state index is 13.6. The van der Waals surface area contributed by atoms with Gasteiger partial charge in [-0.2, -0.15) is 0 Å². The van der Waals surface area contributed by atoms with E-state index in [1.165, 1.54) is 0 Å². The number of nitrogens with one attached hydrogen (secondary N) is 1. The smallest absolute Gasteiger partial charge is 0.203 e. The lowest BCUT2D eigenvalue weighted by atomic mass is 9.88. The van der Waals surface area contributed by atoms with Crippen LogP contribution in [0.1, 0.15) is 42.2 Å². The Labute approximate surface area is 188 Å². The number of ketones is 1. The Hall–Kier alpha value is -3.06. The van der Waals surface area contributed by atoms with Gasteiger partial charge in [0, 0.05) is 23.4 Å². The third-order valence-corrected chi connectivity index (χ3v) is 5.68. The summed E-state index contributed by atoms with van der Waals surface area (Å²) in [6.07, 6.45) is 0.904. The molecule has 7 heteroatoms. The Morgan fingerprint density at radius 1 is 1.06 bits per heavy atom. The van der Waals surface area contributed by atoms with Gasteiger partial charge < -0.3 is 24.4 Å². The second-order valence-corrected chi connectivity index (χ2v) is 7.57. The number of hydrogen-bond donors (Lipinski definition) is 1. The van der Waals surface area contributed by atoms with E-state index in [1.54, 1.807) is 21.3 Å². The topological polar surface area (TPSA) is 60.0 Å². The fraction of sp³-hybridized carbons (Fsp3) is 0.333. The number of hydrogen-bond acceptors (Lipinski definition) is 5. The molecule has 1 atom stereocenters. The zero-order valence-corrected chi connectivity index (χ0v) is 19.3. The van der Waals surface area contributed by atoms with E-state index >= 15 is 0 Å². The first-order chi connectivity index (χ1) is 15.0. The normalized spacial score (nSPS) is 16.1. The van der Waals surface area contributed by atoms with Gasteiger partial charge in [0.1, 0.15) is 0 Å². The average molecular weight is 441 g/mol. The molecule has 2 aromatic carbocycles. The zero-order chi connectivity index (χ0) is 22.5. The van der Waals surface area contributed by atoms with Gasteiger partial charge in [-0.3, -0.25) is 4.79 Å². The predicted molar refractivity (Wildman–Crippen MR) is 125 cm³/mol. The van der Waals surface area contributed by atoms with Crippen LogP contribution in [0.4, 0.5) is 0 Å². The molecule has 1 heterocycles. The van der Waals surface area contributed by atoms with E-state index in [0.29, 0.717) is 33.5 Å². The van der Waals surface area contributed by atoms with Gasteiger partial charge in [-0.1, -0.05) is 37.3 Å². The van der Waals surface area contributed by atoms with E-state index in [9.17, 15) is 4.79 Å². The van der Waals surface area contributed by atoms with Gasteiger partial charge >= 0.3 is 0 Å². The first-order valence-corrected chi connectivity index (χ1v) is 10.6. The third-order valence-electron chi connectivity index (χ3n) is 5.34. The van der Waals surface area contributed by atoms with E-state index in [0.717, 1.165) is 24.2 Å². The lowest BCUT2D eigenvalue weighted by molar-refractivity contribution is 0.102. The van der Waals surface area contributed by atoms with Crippen LogP contribution in [-0.4, -0.2) is 43.7 Å². The summed E-state index contributed by atoms with van der Waals surface area (Å²) in [5.74, 6) is 1.48. The van der Waals surface area contributed by atoms with Gasteiger partial charge in [0.15, 0.2) is 22.4 Å². The summed E-state index contributed by atoms with van der Waals surface area (Å²) < 4.78 is 16.5. The highest BCUT2D eigenvalue weighted by atomic mass is 32.1. The Morgan fingerprint density at radius 2 is 1.68 bits per heavy atom. The van der Waals surface area contributed by atoms with Crippen molar-refractivity contribution in [1.29, 1.82) is 0 Å². The summed E-state index contributed by atoms with van der Waals surface area (Å²) in [4.78, 5) is 15.6. The van der Waals surface area contributed by atoms with Gasteiger partial charge in [0.2, 0.25) is 5.75 Å².